The van der Waals surface area contributed by atoms with Gasteiger partial charge in [-0.05, 0) is 81.6 Å². The normalized spacial score (nSPS) is 11.2. The van der Waals surface area contributed by atoms with E-state index in [9.17, 15) is 4.79 Å². The number of hydrogen-bond acceptors (Lipinski definition) is 4. The Hall–Kier alpha value is -3.77. The second-order valence-corrected chi connectivity index (χ2v) is 8.15. The smallest absolute Gasteiger partial charge is 0.337 e. The van der Waals surface area contributed by atoms with E-state index in [2.05, 4.69) is 25.8 Å². The van der Waals surface area contributed by atoms with E-state index in [1.54, 1.807) is 21.5 Å². The molecular weight excluding hydrogens is 414 g/mol. The van der Waals surface area contributed by atoms with Crippen LogP contribution in [-0.4, -0.2) is 40.3 Å². The summed E-state index contributed by atoms with van der Waals surface area (Å²) in [6.07, 6.45) is 3.53. The van der Waals surface area contributed by atoms with Crippen molar-refractivity contribution in [2.45, 2.75) is 19.9 Å². The van der Waals surface area contributed by atoms with Crippen molar-refractivity contribution in [1.82, 2.24) is 14.0 Å². The van der Waals surface area contributed by atoms with Crippen LogP contribution in [0, 0.1) is 0 Å². The van der Waals surface area contributed by atoms with Gasteiger partial charge in [0.25, 0.3) is 0 Å². The minimum absolute atomic E-state index is 0.140. The number of nitrogens with zero attached hydrogens (tertiary/aromatic N) is 3. The Labute approximate surface area is 194 Å². The lowest BCUT2D eigenvalue weighted by atomic mass is 10.3. The second kappa shape index (κ2) is 10.2. The fraction of sp³-hybridized carbons (Fsp3) is 0.222. The zero-order valence-corrected chi connectivity index (χ0v) is 19.2. The van der Waals surface area contributed by atoms with Gasteiger partial charge in [0.1, 0.15) is 23.9 Å². The van der Waals surface area contributed by atoms with Gasteiger partial charge in [0, 0.05) is 25.0 Å². The molecule has 0 spiro atoms. The van der Waals surface area contributed by atoms with Crippen molar-refractivity contribution in [2.24, 2.45) is 0 Å². The molecule has 0 amide bonds. The Kier molecular flexibility index (Phi) is 6.95. The average Bonchev–Trinajstić information content (AvgIpc) is 3.22. The van der Waals surface area contributed by atoms with Crippen molar-refractivity contribution >= 4 is 0 Å². The maximum atomic E-state index is 13.0. The molecule has 0 aliphatic heterocycles. The van der Waals surface area contributed by atoms with Crippen molar-refractivity contribution in [3.63, 3.8) is 0 Å². The third-order valence-corrected chi connectivity index (χ3v) is 5.58. The minimum Gasteiger partial charge on any atom is -0.492 e. The van der Waals surface area contributed by atoms with E-state index in [4.69, 9.17) is 9.47 Å². The molecule has 6 heteroatoms. The van der Waals surface area contributed by atoms with Gasteiger partial charge in [-0.2, -0.15) is 0 Å². The topological polar surface area (TPSA) is 48.6 Å². The summed E-state index contributed by atoms with van der Waals surface area (Å²) in [5.41, 5.74) is 1.42. The standard InChI is InChI=1S/C27H29N3O3/c1-21(2)28(3)19-20-32-24-13-9-22(10-14-24)29-17-18-30(27(29)31)23-11-15-26(16-12-23)33-25-7-5-4-6-8-25/h4-18,21H,19-20H2,1-3H3. The van der Waals surface area contributed by atoms with Gasteiger partial charge in [0.2, 0.25) is 0 Å². The molecule has 3 aromatic carbocycles. The van der Waals surface area contributed by atoms with E-state index in [0.717, 1.165) is 29.4 Å². The van der Waals surface area contributed by atoms with Crippen LogP contribution in [0.3, 0.4) is 0 Å². The molecule has 4 rings (SSSR count). The van der Waals surface area contributed by atoms with E-state index >= 15 is 0 Å². The number of hydrogen-bond donors (Lipinski definition) is 0. The molecule has 0 N–H and O–H groups in total. The van der Waals surface area contributed by atoms with Gasteiger partial charge in [-0.15, -0.1) is 0 Å². The quantitative estimate of drug-likeness (QED) is 0.359. The number of rotatable bonds is 9. The van der Waals surface area contributed by atoms with Gasteiger partial charge in [0.05, 0.1) is 11.4 Å². The van der Waals surface area contributed by atoms with Gasteiger partial charge in [-0.25, -0.2) is 4.79 Å². The maximum Gasteiger partial charge on any atom is 0.337 e. The van der Waals surface area contributed by atoms with Crippen LogP contribution in [0.5, 0.6) is 17.2 Å². The highest BCUT2D eigenvalue weighted by Gasteiger charge is 2.09. The van der Waals surface area contributed by atoms with E-state index in [-0.39, 0.29) is 5.69 Å². The molecule has 1 heterocycles. The third kappa shape index (κ3) is 5.54. The number of aromatic nitrogens is 2. The SMILES string of the molecule is CC(C)N(C)CCOc1ccc(-n2ccn(-c3ccc(Oc4ccccc4)cc3)c2=O)cc1. The Morgan fingerprint density at radius 2 is 1.27 bits per heavy atom. The van der Waals surface area contributed by atoms with Crippen molar-refractivity contribution < 1.29 is 9.47 Å². The highest BCUT2D eigenvalue weighted by atomic mass is 16.5. The molecule has 0 saturated heterocycles. The second-order valence-electron chi connectivity index (χ2n) is 8.15. The summed E-state index contributed by atoms with van der Waals surface area (Å²) in [5.74, 6) is 2.28. The molecule has 0 atom stereocenters. The molecule has 0 aliphatic carbocycles. The van der Waals surface area contributed by atoms with Gasteiger partial charge < -0.3 is 14.4 Å². The summed E-state index contributed by atoms with van der Waals surface area (Å²) in [4.78, 5) is 15.2. The van der Waals surface area contributed by atoms with E-state index < -0.39 is 0 Å². The summed E-state index contributed by atoms with van der Waals surface area (Å²) in [6, 6.07) is 25.1. The van der Waals surface area contributed by atoms with E-state index in [1.807, 2.05) is 78.9 Å². The summed E-state index contributed by atoms with van der Waals surface area (Å²) < 4.78 is 14.9. The van der Waals surface area contributed by atoms with Gasteiger partial charge in [-0.1, -0.05) is 18.2 Å². The van der Waals surface area contributed by atoms with Gasteiger partial charge >= 0.3 is 5.69 Å². The lowest BCUT2D eigenvalue weighted by Gasteiger charge is -2.20. The van der Waals surface area contributed by atoms with Crippen LogP contribution in [0.1, 0.15) is 13.8 Å². The third-order valence-electron chi connectivity index (χ3n) is 5.58. The van der Waals surface area contributed by atoms with Crippen molar-refractivity contribution in [2.75, 3.05) is 20.2 Å². The van der Waals surface area contributed by atoms with Crippen molar-refractivity contribution in [3.05, 3.63) is 102 Å². The molecule has 33 heavy (non-hydrogen) atoms. The summed E-state index contributed by atoms with van der Waals surface area (Å²) in [7, 11) is 2.08. The fourth-order valence-corrected chi connectivity index (χ4v) is 3.34. The molecule has 170 valence electrons. The molecule has 6 nitrogen and oxygen atoms in total. The first kappa shape index (κ1) is 22.4. The van der Waals surface area contributed by atoms with E-state index in [0.29, 0.717) is 18.4 Å². The number of benzene rings is 3. The predicted molar refractivity (Wildman–Crippen MR) is 131 cm³/mol. The highest BCUT2D eigenvalue weighted by molar-refractivity contribution is 5.41. The Balaban J connectivity index is 1.43. The summed E-state index contributed by atoms with van der Waals surface area (Å²) in [5, 5.41) is 0. The zero-order chi connectivity index (χ0) is 23.2. The largest absolute Gasteiger partial charge is 0.492 e. The van der Waals surface area contributed by atoms with Crippen LogP contribution in [0.4, 0.5) is 0 Å². The Morgan fingerprint density at radius 3 is 1.82 bits per heavy atom. The molecular formula is C27H29N3O3. The van der Waals surface area contributed by atoms with Gasteiger partial charge in [-0.3, -0.25) is 9.13 Å². The molecule has 0 fully saturated rings. The first-order chi connectivity index (χ1) is 16.0. The molecule has 0 bridgehead atoms. The Bertz CT molecular complexity index is 1210. The molecule has 0 saturated carbocycles. The van der Waals surface area contributed by atoms with Crippen LogP contribution in [0.2, 0.25) is 0 Å². The number of ether oxygens (including phenoxy) is 2. The minimum atomic E-state index is -0.140. The summed E-state index contributed by atoms with van der Waals surface area (Å²) in [6.45, 7) is 5.79. The first-order valence-corrected chi connectivity index (χ1v) is 11.1. The molecule has 0 unspecified atom stereocenters. The highest BCUT2D eigenvalue weighted by Crippen LogP contribution is 2.22. The van der Waals surface area contributed by atoms with Crippen LogP contribution >= 0.6 is 0 Å². The Morgan fingerprint density at radius 1 is 0.758 bits per heavy atom. The molecule has 0 radical (unpaired) electrons. The molecule has 0 aliphatic rings. The maximum absolute atomic E-state index is 13.0. The number of likely N-dealkylation sites (N-methyl/N-ethyl adjacent to an activating group) is 1. The van der Waals surface area contributed by atoms with Crippen molar-refractivity contribution in [3.8, 4) is 28.6 Å². The lowest BCUT2D eigenvalue weighted by Crippen LogP contribution is -2.30. The van der Waals surface area contributed by atoms with Gasteiger partial charge in [0.15, 0.2) is 0 Å². The lowest BCUT2D eigenvalue weighted by molar-refractivity contribution is 0.208. The average molecular weight is 444 g/mol. The predicted octanol–water partition coefficient (Wildman–Crippen LogP) is 5.14. The van der Waals surface area contributed by atoms with Crippen molar-refractivity contribution in [1.29, 1.82) is 0 Å². The first-order valence-electron chi connectivity index (χ1n) is 11.1. The van der Waals surface area contributed by atoms with Crippen LogP contribution in [-0.2, 0) is 0 Å². The van der Waals surface area contributed by atoms with Crippen LogP contribution in [0.15, 0.2) is 96.1 Å². The van der Waals surface area contributed by atoms with E-state index in [1.165, 1.54) is 0 Å². The van der Waals surface area contributed by atoms with Crippen LogP contribution in [0.25, 0.3) is 11.4 Å². The summed E-state index contributed by atoms with van der Waals surface area (Å²) >= 11 is 0. The molecule has 1 aromatic heterocycles. The zero-order valence-electron chi connectivity index (χ0n) is 19.2. The fourth-order valence-electron chi connectivity index (χ4n) is 3.34. The molecule has 4 aromatic rings. The van der Waals surface area contributed by atoms with Crippen LogP contribution < -0.4 is 15.2 Å². The number of imidazole rings is 1. The monoisotopic (exact) mass is 443 g/mol. The number of para-hydroxylation sites is 1.